The number of benzene rings is 2. The average Bonchev–Trinajstić information content (AvgIpc) is 2.76. The van der Waals surface area contributed by atoms with Crippen molar-refractivity contribution >= 4 is 21.5 Å². The number of hydrogen-bond acceptors (Lipinski definition) is 0. The van der Waals surface area contributed by atoms with Crippen LogP contribution in [0.2, 0.25) is 0 Å². The molecule has 0 nitrogen and oxygen atoms in total. The van der Waals surface area contributed by atoms with E-state index in [-0.39, 0.29) is 0 Å². The second kappa shape index (κ2) is 3.83. The normalized spacial score (nSPS) is 16.3. The van der Waals surface area contributed by atoms with Crippen LogP contribution in [0.4, 0.5) is 0 Å². The van der Waals surface area contributed by atoms with E-state index in [0.29, 0.717) is 0 Å². The van der Waals surface area contributed by atoms with E-state index < -0.39 is 0 Å². The fraction of sp³-hybridized carbons (Fsp3) is 0.176. The first-order chi connectivity index (χ1) is 8.83. The molecule has 2 aliphatic rings. The quantitative estimate of drug-likeness (QED) is 0.658. The molecule has 4 rings (SSSR count). The van der Waals surface area contributed by atoms with Gasteiger partial charge >= 0.3 is 0 Å². The number of aryl methyl sites for hydroxylation is 1. The molecule has 0 saturated heterocycles. The number of rotatable bonds is 0. The molecular formula is C17H13Br. The zero-order valence-electron chi connectivity index (χ0n) is 10.0. The van der Waals surface area contributed by atoms with Crippen LogP contribution in [-0.2, 0) is 12.8 Å². The second-order valence-corrected chi connectivity index (χ2v) is 6.03. The minimum absolute atomic E-state index is 1.14. The first kappa shape index (κ1) is 10.6. The van der Waals surface area contributed by atoms with E-state index in [1.165, 1.54) is 45.1 Å². The lowest BCUT2D eigenvalue weighted by atomic mass is 9.85. The van der Waals surface area contributed by atoms with Gasteiger partial charge in [0.2, 0.25) is 0 Å². The third-order valence-corrected chi connectivity index (χ3v) is 4.57. The number of allylic oxidation sites excluding steroid dienone is 1. The molecular weight excluding hydrogens is 284 g/mol. The van der Waals surface area contributed by atoms with Gasteiger partial charge < -0.3 is 0 Å². The molecule has 2 aromatic carbocycles. The van der Waals surface area contributed by atoms with E-state index in [1.54, 1.807) is 5.57 Å². The minimum Gasteiger partial charge on any atom is -0.0620 e. The van der Waals surface area contributed by atoms with Crippen LogP contribution in [0.15, 0.2) is 52.5 Å². The summed E-state index contributed by atoms with van der Waals surface area (Å²) in [7, 11) is 0. The first-order valence-corrected chi connectivity index (χ1v) is 7.21. The second-order valence-electron chi connectivity index (χ2n) is 5.11. The van der Waals surface area contributed by atoms with E-state index in [4.69, 9.17) is 0 Å². The molecule has 0 saturated carbocycles. The van der Waals surface area contributed by atoms with Crippen molar-refractivity contribution in [1.82, 2.24) is 0 Å². The van der Waals surface area contributed by atoms with Gasteiger partial charge in [-0.25, -0.2) is 0 Å². The summed E-state index contributed by atoms with van der Waals surface area (Å²) >= 11 is 3.58. The van der Waals surface area contributed by atoms with Crippen molar-refractivity contribution in [2.45, 2.75) is 19.3 Å². The first-order valence-electron chi connectivity index (χ1n) is 6.42. The van der Waals surface area contributed by atoms with Crippen molar-refractivity contribution in [1.29, 1.82) is 0 Å². The Hall–Kier alpha value is -1.34. The smallest absolute Gasteiger partial charge is 0.0178 e. The summed E-state index contributed by atoms with van der Waals surface area (Å²) in [5.41, 5.74) is 9.03. The molecule has 1 heteroatoms. The van der Waals surface area contributed by atoms with Gasteiger partial charge in [-0.2, -0.15) is 0 Å². The Balaban J connectivity index is 1.96. The van der Waals surface area contributed by atoms with E-state index in [2.05, 4.69) is 58.4 Å². The molecule has 2 aliphatic carbocycles. The van der Waals surface area contributed by atoms with Gasteiger partial charge in [0.1, 0.15) is 0 Å². The third-order valence-electron chi connectivity index (χ3n) is 4.08. The summed E-state index contributed by atoms with van der Waals surface area (Å²) in [4.78, 5) is 0. The van der Waals surface area contributed by atoms with Crippen molar-refractivity contribution in [2.24, 2.45) is 0 Å². The van der Waals surface area contributed by atoms with Crippen LogP contribution in [0, 0.1) is 0 Å². The summed E-state index contributed by atoms with van der Waals surface area (Å²) < 4.78 is 1.19. The molecule has 0 atom stereocenters. The highest BCUT2D eigenvalue weighted by Gasteiger charge is 2.26. The predicted octanol–water partition coefficient (Wildman–Crippen LogP) is 4.75. The molecule has 0 bridgehead atoms. The lowest BCUT2D eigenvalue weighted by Gasteiger charge is -2.19. The van der Waals surface area contributed by atoms with Crippen molar-refractivity contribution < 1.29 is 0 Å². The lowest BCUT2D eigenvalue weighted by Crippen LogP contribution is -2.02. The maximum absolute atomic E-state index is 3.58. The maximum atomic E-state index is 3.58. The van der Waals surface area contributed by atoms with Gasteiger partial charge in [0.25, 0.3) is 0 Å². The molecule has 0 fully saturated rings. The zero-order valence-corrected chi connectivity index (χ0v) is 11.6. The fourth-order valence-electron chi connectivity index (χ4n) is 3.28. The van der Waals surface area contributed by atoms with Crippen molar-refractivity contribution in [2.75, 3.05) is 0 Å². The summed E-state index contributed by atoms with van der Waals surface area (Å²) in [5.74, 6) is 0. The van der Waals surface area contributed by atoms with Crippen LogP contribution in [0.25, 0.3) is 5.57 Å². The predicted molar refractivity (Wildman–Crippen MR) is 78.6 cm³/mol. The van der Waals surface area contributed by atoms with E-state index in [1.807, 2.05) is 0 Å². The molecule has 0 N–H and O–H groups in total. The van der Waals surface area contributed by atoms with Gasteiger partial charge in [0.05, 0.1) is 0 Å². The Morgan fingerprint density at radius 1 is 0.833 bits per heavy atom. The van der Waals surface area contributed by atoms with Crippen LogP contribution in [0.3, 0.4) is 0 Å². The van der Waals surface area contributed by atoms with Crippen LogP contribution in [-0.4, -0.2) is 0 Å². The SMILES string of the molecule is Brc1ccc2c(c1)CC1=C2c2ccccc2CC1. The Morgan fingerprint density at radius 3 is 2.61 bits per heavy atom. The Morgan fingerprint density at radius 2 is 1.67 bits per heavy atom. The molecule has 2 aromatic rings. The van der Waals surface area contributed by atoms with Crippen molar-refractivity contribution in [3.63, 3.8) is 0 Å². The Bertz CT molecular complexity index is 680. The van der Waals surface area contributed by atoms with Gasteiger partial charge in [-0.15, -0.1) is 0 Å². The minimum atomic E-state index is 1.14. The topological polar surface area (TPSA) is 0 Å². The van der Waals surface area contributed by atoms with Gasteiger partial charge in [-0.1, -0.05) is 51.8 Å². The molecule has 0 aromatic heterocycles. The molecule has 0 heterocycles. The van der Waals surface area contributed by atoms with E-state index in [9.17, 15) is 0 Å². The molecule has 88 valence electrons. The highest BCUT2D eigenvalue weighted by molar-refractivity contribution is 9.10. The Labute approximate surface area is 115 Å². The van der Waals surface area contributed by atoms with Gasteiger partial charge in [-0.05, 0) is 59.2 Å². The summed E-state index contributed by atoms with van der Waals surface area (Å²) in [6.45, 7) is 0. The average molecular weight is 297 g/mol. The van der Waals surface area contributed by atoms with E-state index in [0.717, 1.165) is 6.42 Å². The summed E-state index contributed by atoms with van der Waals surface area (Å²) in [6.07, 6.45) is 3.56. The Kier molecular flexibility index (Phi) is 2.25. The van der Waals surface area contributed by atoms with Crippen LogP contribution >= 0.6 is 15.9 Å². The standard InChI is InChI=1S/C17H13Br/c18-14-7-8-16-13(10-14)9-12-6-5-11-3-1-2-4-15(11)17(12)16/h1-4,7-8,10H,5-6,9H2. The molecule has 0 radical (unpaired) electrons. The van der Waals surface area contributed by atoms with Crippen LogP contribution in [0.1, 0.15) is 28.7 Å². The molecule has 0 amide bonds. The van der Waals surface area contributed by atoms with Crippen molar-refractivity contribution in [3.8, 4) is 0 Å². The number of halogens is 1. The van der Waals surface area contributed by atoms with Crippen LogP contribution < -0.4 is 0 Å². The van der Waals surface area contributed by atoms with Crippen LogP contribution in [0.5, 0.6) is 0 Å². The monoisotopic (exact) mass is 296 g/mol. The summed E-state index contributed by atoms with van der Waals surface area (Å²) in [5, 5.41) is 0. The molecule has 0 spiro atoms. The lowest BCUT2D eigenvalue weighted by molar-refractivity contribution is 0.896. The maximum Gasteiger partial charge on any atom is 0.0178 e. The largest absolute Gasteiger partial charge is 0.0620 e. The number of fused-ring (bicyclic) bond motifs is 4. The van der Waals surface area contributed by atoms with Gasteiger partial charge in [0, 0.05) is 4.47 Å². The highest BCUT2D eigenvalue weighted by Crippen LogP contribution is 2.44. The number of hydrogen-bond donors (Lipinski definition) is 0. The molecule has 18 heavy (non-hydrogen) atoms. The third kappa shape index (κ3) is 1.44. The van der Waals surface area contributed by atoms with Gasteiger partial charge in [-0.3, -0.25) is 0 Å². The summed E-state index contributed by atoms with van der Waals surface area (Å²) in [6, 6.07) is 15.6. The highest BCUT2D eigenvalue weighted by atomic mass is 79.9. The molecule has 0 unspecified atom stereocenters. The zero-order chi connectivity index (χ0) is 12.1. The fourth-order valence-corrected chi connectivity index (χ4v) is 3.69. The van der Waals surface area contributed by atoms with Gasteiger partial charge in [0.15, 0.2) is 0 Å². The van der Waals surface area contributed by atoms with Crippen molar-refractivity contribution in [3.05, 3.63) is 74.8 Å². The van der Waals surface area contributed by atoms with E-state index >= 15 is 0 Å². The molecule has 0 aliphatic heterocycles.